The second-order valence-corrected chi connectivity index (χ2v) is 5.24. The van der Waals surface area contributed by atoms with E-state index in [1.807, 2.05) is 0 Å². The average molecular weight is 375 g/mol. The van der Waals surface area contributed by atoms with E-state index in [2.05, 4.69) is 15.9 Å². The summed E-state index contributed by atoms with van der Waals surface area (Å²) >= 11 is 2.86. The summed E-state index contributed by atoms with van der Waals surface area (Å²) in [6.07, 6.45) is 1.31. The molecule has 0 bridgehead atoms. The number of benzene rings is 2. The molecule has 0 aliphatic carbocycles. The van der Waals surface area contributed by atoms with E-state index in [-0.39, 0.29) is 11.3 Å². The Morgan fingerprint density at radius 2 is 1.39 bits per heavy atom. The van der Waals surface area contributed by atoms with E-state index in [1.54, 1.807) is 60.7 Å². The van der Waals surface area contributed by atoms with Gasteiger partial charge in [0.15, 0.2) is 0 Å². The van der Waals surface area contributed by atoms with Crippen LogP contribution in [0.2, 0.25) is 0 Å². The molecule has 0 atom stereocenters. The molecule has 0 heterocycles. The van der Waals surface area contributed by atoms with Crippen LogP contribution in [0.5, 0.6) is 0 Å². The van der Waals surface area contributed by atoms with E-state index in [4.69, 9.17) is 0 Å². The molecule has 0 saturated heterocycles. The van der Waals surface area contributed by atoms with Crippen molar-refractivity contribution < 1.29 is 9.85 Å². The van der Waals surface area contributed by atoms with Gasteiger partial charge in [0.05, 0.1) is 9.85 Å². The molecule has 6 nitrogen and oxygen atoms in total. The van der Waals surface area contributed by atoms with Crippen molar-refractivity contribution in [2.45, 2.75) is 0 Å². The fourth-order valence-corrected chi connectivity index (χ4v) is 2.42. The summed E-state index contributed by atoms with van der Waals surface area (Å²) in [6, 6.07) is 16.8. The Bertz CT molecular complexity index is 786. The predicted molar refractivity (Wildman–Crippen MR) is 90.7 cm³/mol. The number of rotatable bonds is 5. The lowest BCUT2D eigenvalue weighted by Gasteiger charge is -2.05. The minimum atomic E-state index is -0.690. The molecule has 0 spiro atoms. The van der Waals surface area contributed by atoms with Crippen LogP contribution in [0.1, 0.15) is 11.1 Å². The van der Waals surface area contributed by atoms with Gasteiger partial charge in [-0.15, -0.1) is 0 Å². The highest BCUT2D eigenvalue weighted by Gasteiger charge is 2.28. The van der Waals surface area contributed by atoms with Crippen LogP contribution in [0.3, 0.4) is 0 Å². The summed E-state index contributed by atoms with van der Waals surface area (Å²) < 4.78 is -0.456. The van der Waals surface area contributed by atoms with Crippen LogP contribution in [0.4, 0.5) is 0 Å². The number of nitrogens with zero attached hydrogens (tertiary/aromatic N) is 2. The molecule has 0 radical (unpaired) electrons. The van der Waals surface area contributed by atoms with E-state index < -0.39 is 14.5 Å². The first-order valence-electron chi connectivity index (χ1n) is 6.52. The van der Waals surface area contributed by atoms with Crippen LogP contribution >= 0.6 is 15.9 Å². The lowest BCUT2D eigenvalue weighted by molar-refractivity contribution is -0.422. The monoisotopic (exact) mass is 374 g/mol. The molecule has 7 heteroatoms. The summed E-state index contributed by atoms with van der Waals surface area (Å²) in [5.74, 6) is 0. The Balaban J connectivity index is 2.70. The maximum Gasteiger partial charge on any atom is 0.325 e. The number of halogens is 1. The van der Waals surface area contributed by atoms with Crippen molar-refractivity contribution in [2.24, 2.45) is 0 Å². The van der Waals surface area contributed by atoms with Gasteiger partial charge < -0.3 is 0 Å². The molecule has 0 aromatic heterocycles. The summed E-state index contributed by atoms with van der Waals surface area (Å²) in [7, 11) is 0. The Kier molecular flexibility index (Phi) is 5.37. The molecule has 0 saturated carbocycles. The number of hydrogen-bond acceptors (Lipinski definition) is 4. The quantitative estimate of drug-likeness (QED) is 0.337. The molecule has 0 aliphatic heterocycles. The smallest absolute Gasteiger partial charge is 0.258 e. The molecule has 2 aromatic carbocycles. The van der Waals surface area contributed by atoms with Crippen LogP contribution in [-0.2, 0) is 0 Å². The fourth-order valence-electron chi connectivity index (χ4n) is 1.99. The van der Waals surface area contributed by atoms with Crippen molar-refractivity contribution in [1.29, 1.82) is 0 Å². The van der Waals surface area contributed by atoms with Crippen molar-refractivity contribution in [1.82, 2.24) is 0 Å². The highest BCUT2D eigenvalue weighted by atomic mass is 79.9. The zero-order chi connectivity index (χ0) is 16.8. The number of hydrogen-bond donors (Lipinski definition) is 0. The zero-order valence-electron chi connectivity index (χ0n) is 11.8. The van der Waals surface area contributed by atoms with Crippen LogP contribution in [0.25, 0.3) is 11.6 Å². The Hall–Kier alpha value is -2.80. The maximum absolute atomic E-state index is 11.5. The van der Waals surface area contributed by atoms with Crippen molar-refractivity contribution in [3.05, 3.63) is 102 Å². The van der Waals surface area contributed by atoms with Crippen molar-refractivity contribution in [3.8, 4) is 0 Å². The summed E-state index contributed by atoms with van der Waals surface area (Å²) in [6.45, 7) is 0. The van der Waals surface area contributed by atoms with Gasteiger partial charge in [0, 0.05) is 22.0 Å². The van der Waals surface area contributed by atoms with Gasteiger partial charge >= 0.3 is 4.61 Å². The Morgan fingerprint density at radius 1 is 0.870 bits per heavy atom. The molecule has 0 N–H and O–H groups in total. The minimum Gasteiger partial charge on any atom is -0.258 e. The highest BCUT2D eigenvalue weighted by Crippen LogP contribution is 2.31. The van der Waals surface area contributed by atoms with Gasteiger partial charge in [-0.3, -0.25) is 20.2 Å². The normalized spacial score (nSPS) is 12.5. The largest absolute Gasteiger partial charge is 0.325 e. The van der Waals surface area contributed by atoms with Crippen molar-refractivity contribution in [2.75, 3.05) is 0 Å². The van der Waals surface area contributed by atoms with Gasteiger partial charge in [-0.1, -0.05) is 60.7 Å². The number of nitro groups is 2. The van der Waals surface area contributed by atoms with E-state index in [9.17, 15) is 20.2 Å². The molecule has 0 amide bonds. The van der Waals surface area contributed by atoms with Gasteiger partial charge in [0.25, 0.3) is 5.70 Å². The van der Waals surface area contributed by atoms with Gasteiger partial charge in [-0.25, -0.2) is 0 Å². The van der Waals surface area contributed by atoms with Gasteiger partial charge in [-0.05, 0) is 11.1 Å². The number of allylic oxidation sites excluding steroid dienone is 1. The molecule has 2 rings (SSSR count). The van der Waals surface area contributed by atoms with E-state index in [1.165, 1.54) is 6.08 Å². The van der Waals surface area contributed by atoms with Crippen LogP contribution in [0, 0.1) is 20.2 Å². The fraction of sp³-hybridized carbons (Fsp3) is 0. The van der Waals surface area contributed by atoms with Gasteiger partial charge in [0.2, 0.25) is 0 Å². The minimum absolute atomic E-state index is 0.0792. The van der Waals surface area contributed by atoms with E-state index in [0.717, 1.165) is 0 Å². The summed E-state index contributed by atoms with van der Waals surface area (Å²) in [4.78, 5) is 21.3. The van der Waals surface area contributed by atoms with Gasteiger partial charge in [0.1, 0.15) is 5.57 Å². The second-order valence-electron chi connectivity index (χ2n) is 4.49. The topological polar surface area (TPSA) is 86.3 Å². The van der Waals surface area contributed by atoms with E-state index >= 15 is 0 Å². The third-order valence-electron chi connectivity index (χ3n) is 2.98. The SMILES string of the molecule is O=[N+]([O-])C(=C\c1ccccc1)/C(=C(\Br)[N+](=O)[O-])c1ccccc1. The zero-order valence-corrected chi connectivity index (χ0v) is 13.3. The highest BCUT2D eigenvalue weighted by molar-refractivity contribution is 9.11. The molecule has 116 valence electrons. The molecular formula is C16H11BrN2O4. The molecule has 0 aliphatic rings. The van der Waals surface area contributed by atoms with Crippen LogP contribution in [-0.4, -0.2) is 9.85 Å². The van der Waals surface area contributed by atoms with Crippen LogP contribution in [0.15, 0.2) is 71.0 Å². The summed E-state index contributed by atoms with van der Waals surface area (Å²) in [5.41, 5.74) is 0.529. The van der Waals surface area contributed by atoms with E-state index in [0.29, 0.717) is 11.1 Å². The maximum atomic E-state index is 11.5. The Morgan fingerprint density at radius 3 is 1.87 bits per heavy atom. The Labute approximate surface area is 140 Å². The van der Waals surface area contributed by atoms with Crippen molar-refractivity contribution >= 4 is 27.6 Å². The van der Waals surface area contributed by atoms with Gasteiger partial charge in [-0.2, -0.15) is 0 Å². The molecule has 0 fully saturated rings. The van der Waals surface area contributed by atoms with Crippen molar-refractivity contribution in [3.63, 3.8) is 0 Å². The average Bonchev–Trinajstić information content (AvgIpc) is 2.55. The molecule has 0 unspecified atom stereocenters. The lowest BCUT2D eigenvalue weighted by Crippen LogP contribution is -2.06. The second kappa shape index (κ2) is 7.46. The third-order valence-corrected chi connectivity index (χ3v) is 3.67. The first-order valence-corrected chi connectivity index (χ1v) is 7.31. The molecular weight excluding hydrogens is 364 g/mol. The first kappa shape index (κ1) is 16.6. The molecule has 2 aromatic rings. The lowest BCUT2D eigenvalue weighted by atomic mass is 10.0. The summed E-state index contributed by atoms with van der Waals surface area (Å²) in [5, 5.41) is 22.6. The third kappa shape index (κ3) is 4.10. The predicted octanol–water partition coefficient (Wildman–Crippen LogP) is 4.34. The van der Waals surface area contributed by atoms with Crippen LogP contribution < -0.4 is 0 Å². The molecule has 23 heavy (non-hydrogen) atoms. The standard InChI is InChI=1S/C16H11BrN2O4/c17-16(19(22)23)15(13-9-5-2-6-10-13)14(18(20)21)11-12-7-3-1-4-8-12/h1-11H/b14-11-,16-15+. The first-order chi connectivity index (χ1) is 11.0.